The lowest BCUT2D eigenvalue weighted by molar-refractivity contribution is -0.137. The zero-order valence-corrected chi connectivity index (χ0v) is 16.7. The van der Waals surface area contributed by atoms with E-state index in [1.165, 1.54) is 77.0 Å². The summed E-state index contributed by atoms with van der Waals surface area (Å²) in [7, 11) is 0. The maximum atomic E-state index is 10.4. The average Bonchev–Trinajstić information content (AvgIpc) is 2.63. The molecule has 0 amide bonds. The van der Waals surface area contributed by atoms with Gasteiger partial charge in [0, 0.05) is 13.0 Å². The molecule has 0 aliphatic rings. The van der Waals surface area contributed by atoms with Crippen LogP contribution in [0.25, 0.3) is 0 Å². The van der Waals surface area contributed by atoms with Crippen LogP contribution in [0.3, 0.4) is 0 Å². The van der Waals surface area contributed by atoms with Crippen molar-refractivity contribution >= 4 is 5.97 Å². The number of carboxylic acids is 1. The second-order valence-electron chi connectivity index (χ2n) is 7.36. The van der Waals surface area contributed by atoms with Crippen LogP contribution in [0.4, 0.5) is 0 Å². The molecule has 156 valence electrons. The van der Waals surface area contributed by atoms with E-state index < -0.39 is 12.1 Å². The highest BCUT2D eigenvalue weighted by Crippen LogP contribution is 2.13. The van der Waals surface area contributed by atoms with Gasteiger partial charge in [-0.3, -0.25) is 4.79 Å². The van der Waals surface area contributed by atoms with Crippen LogP contribution in [0.1, 0.15) is 103 Å². The van der Waals surface area contributed by atoms with Crippen molar-refractivity contribution in [1.82, 2.24) is 0 Å². The molecule has 0 bridgehead atoms. The molecular weight excluding hydrogens is 332 g/mol. The summed E-state index contributed by atoms with van der Waals surface area (Å²) < 4.78 is 5.28. The average molecular weight is 375 g/mol. The van der Waals surface area contributed by atoms with Crippen LogP contribution in [-0.2, 0) is 9.53 Å². The molecule has 26 heavy (non-hydrogen) atoms. The predicted molar refractivity (Wildman–Crippen MR) is 105 cm³/mol. The van der Waals surface area contributed by atoms with E-state index >= 15 is 0 Å². The van der Waals surface area contributed by atoms with Gasteiger partial charge in [-0.05, 0) is 12.8 Å². The van der Waals surface area contributed by atoms with Gasteiger partial charge in [0.25, 0.3) is 0 Å². The molecule has 0 aromatic rings. The molecule has 0 aromatic carbocycles. The number of aliphatic hydroxyl groups is 2. The fourth-order valence-electron chi connectivity index (χ4n) is 3.05. The Balaban J connectivity index is 3.02. The highest BCUT2D eigenvalue weighted by molar-refractivity contribution is 5.66. The first-order valence-corrected chi connectivity index (χ1v) is 10.7. The summed E-state index contributed by atoms with van der Waals surface area (Å²) in [5.41, 5.74) is 0. The quantitative estimate of drug-likeness (QED) is 0.254. The monoisotopic (exact) mass is 374 g/mol. The van der Waals surface area contributed by atoms with Gasteiger partial charge in [-0.2, -0.15) is 0 Å². The zero-order chi connectivity index (χ0) is 19.3. The number of ether oxygens (including phenoxy) is 1. The SMILES string of the molecule is O=C(O)CCCCCCCCCCCCCCCCCOCC(O)CO. The van der Waals surface area contributed by atoms with Gasteiger partial charge < -0.3 is 20.1 Å². The van der Waals surface area contributed by atoms with Gasteiger partial charge in [0.15, 0.2) is 0 Å². The number of hydrogen-bond acceptors (Lipinski definition) is 4. The number of carboxylic acid groups (broad SMARTS) is 1. The number of hydrogen-bond donors (Lipinski definition) is 3. The van der Waals surface area contributed by atoms with Crippen molar-refractivity contribution in [2.45, 2.75) is 109 Å². The highest BCUT2D eigenvalue weighted by atomic mass is 16.5. The number of carbonyl (C=O) groups is 1. The largest absolute Gasteiger partial charge is 0.481 e. The summed E-state index contributed by atoms with van der Waals surface area (Å²) in [4.78, 5) is 10.4. The maximum Gasteiger partial charge on any atom is 0.303 e. The Morgan fingerprint density at radius 3 is 1.46 bits per heavy atom. The van der Waals surface area contributed by atoms with Crippen molar-refractivity contribution in [3.63, 3.8) is 0 Å². The van der Waals surface area contributed by atoms with Crippen molar-refractivity contribution in [3.05, 3.63) is 0 Å². The molecule has 5 heteroatoms. The summed E-state index contributed by atoms with van der Waals surface area (Å²) >= 11 is 0. The molecule has 1 unspecified atom stereocenters. The fraction of sp³-hybridized carbons (Fsp3) is 0.952. The second kappa shape index (κ2) is 20.7. The third kappa shape index (κ3) is 21.4. The first-order chi connectivity index (χ1) is 12.7. The zero-order valence-electron chi connectivity index (χ0n) is 16.7. The normalized spacial score (nSPS) is 12.4. The van der Waals surface area contributed by atoms with E-state index in [1.807, 2.05) is 0 Å². The number of aliphatic hydroxyl groups excluding tert-OH is 2. The molecule has 5 nitrogen and oxygen atoms in total. The van der Waals surface area contributed by atoms with Crippen molar-refractivity contribution in [1.29, 1.82) is 0 Å². The predicted octanol–water partition coefficient (Wildman–Crippen LogP) is 4.68. The standard InChI is InChI=1S/C21H42O5/c22-18-20(23)19-26-17-15-13-11-9-7-5-3-1-2-4-6-8-10-12-14-16-21(24)25/h20,22-23H,1-19H2,(H,24,25). The van der Waals surface area contributed by atoms with Crippen molar-refractivity contribution in [3.8, 4) is 0 Å². The van der Waals surface area contributed by atoms with Crippen LogP contribution in [-0.4, -0.2) is 47.2 Å². The fourth-order valence-corrected chi connectivity index (χ4v) is 3.05. The first kappa shape index (κ1) is 25.4. The van der Waals surface area contributed by atoms with Crippen molar-refractivity contribution in [2.24, 2.45) is 0 Å². The van der Waals surface area contributed by atoms with Crippen molar-refractivity contribution < 1.29 is 24.9 Å². The maximum absolute atomic E-state index is 10.4. The molecule has 0 saturated carbocycles. The summed E-state index contributed by atoms with van der Waals surface area (Å²) in [6, 6.07) is 0. The Morgan fingerprint density at radius 2 is 1.08 bits per heavy atom. The van der Waals surface area contributed by atoms with E-state index in [0.717, 1.165) is 19.3 Å². The summed E-state index contributed by atoms with van der Waals surface area (Å²) in [5, 5.41) is 26.3. The van der Waals surface area contributed by atoms with E-state index in [4.69, 9.17) is 20.1 Å². The molecule has 3 N–H and O–H groups in total. The van der Waals surface area contributed by atoms with E-state index in [9.17, 15) is 4.79 Å². The van der Waals surface area contributed by atoms with Crippen molar-refractivity contribution in [2.75, 3.05) is 19.8 Å². The van der Waals surface area contributed by atoms with Gasteiger partial charge in [0.1, 0.15) is 6.10 Å². The van der Waals surface area contributed by atoms with Gasteiger partial charge in [-0.25, -0.2) is 0 Å². The molecule has 0 heterocycles. The number of unbranched alkanes of at least 4 members (excludes halogenated alkanes) is 14. The summed E-state index contributed by atoms with van der Waals surface area (Å²) in [6.45, 7) is 0.687. The van der Waals surface area contributed by atoms with E-state index in [-0.39, 0.29) is 13.2 Å². The molecule has 0 rings (SSSR count). The van der Waals surface area contributed by atoms with Crippen LogP contribution in [0.2, 0.25) is 0 Å². The molecule has 0 aliphatic heterocycles. The summed E-state index contributed by atoms with van der Waals surface area (Å²) in [6.07, 6.45) is 18.0. The van der Waals surface area contributed by atoms with Crippen LogP contribution in [0.15, 0.2) is 0 Å². The number of aliphatic carboxylic acids is 1. The Hall–Kier alpha value is -0.650. The van der Waals surface area contributed by atoms with Gasteiger partial charge in [0.2, 0.25) is 0 Å². The van der Waals surface area contributed by atoms with Crippen LogP contribution < -0.4 is 0 Å². The number of rotatable bonds is 21. The topological polar surface area (TPSA) is 87.0 Å². The molecule has 0 fully saturated rings. The lowest BCUT2D eigenvalue weighted by Crippen LogP contribution is -2.19. The molecule has 0 spiro atoms. The molecule has 0 saturated heterocycles. The minimum Gasteiger partial charge on any atom is -0.481 e. The minimum atomic E-state index is -0.737. The Bertz CT molecular complexity index is 296. The molecule has 1 atom stereocenters. The van der Waals surface area contributed by atoms with E-state index in [1.54, 1.807) is 0 Å². The van der Waals surface area contributed by atoms with E-state index in [0.29, 0.717) is 13.0 Å². The first-order valence-electron chi connectivity index (χ1n) is 10.7. The van der Waals surface area contributed by atoms with Crippen LogP contribution in [0.5, 0.6) is 0 Å². The third-order valence-electron chi connectivity index (χ3n) is 4.70. The van der Waals surface area contributed by atoms with Crippen LogP contribution >= 0.6 is 0 Å². The van der Waals surface area contributed by atoms with Gasteiger partial charge in [-0.1, -0.05) is 83.5 Å². The molecular formula is C21H42O5. The Labute approximate surface area is 160 Å². The smallest absolute Gasteiger partial charge is 0.303 e. The second-order valence-corrected chi connectivity index (χ2v) is 7.36. The van der Waals surface area contributed by atoms with Gasteiger partial charge in [0.05, 0.1) is 13.2 Å². The van der Waals surface area contributed by atoms with Crippen LogP contribution in [0, 0.1) is 0 Å². The molecule has 0 radical (unpaired) electrons. The third-order valence-corrected chi connectivity index (χ3v) is 4.70. The van der Waals surface area contributed by atoms with Gasteiger partial charge >= 0.3 is 5.97 Å². The highest BCUT2D eigenvalue weighted by Gasteiger charge is 2.00. The van der Waals surface area contributed by atoms with E-state index in [2.05, 4.69) is 0 Å². The van der Waals surface area contributed by atoms with Gasteiger partial charge in [-0.15, -0.1) is 0 Å². The molecule has 0 aromatic heterocycles. The summed E-state index contributed by atoms with van der Waals surface area (Å²) in [5.74, 6) is -0.672. The molecule has 0 aliphatic carbocycles. The Morgan fingerprint density at radius 1 is 0.692 bits per heavy atom. The lowest BCUT2D eigenvalue weighted by Gasteiger charge is -2.08. The minimum absolute atomic E-state index is 0.228. The lowest BCUT2D eigenvalue weighted by atomic mass is 10.0. The Kier molecular flexibility index (Phi) is 20.1.